The topological polar surface area (TPSA) is 62.4 Å². The predicted octanol–water partition coefficient (Wildman–Crippen LogP) is 2.09. The Morgan fingerprint density at radius 2 is 2.41 bits per heavy atom. The molecule has 120 valence electrons. The molecule has 1 aromatic heterocycles. The first-order chi connectivity index (χ1) is 10.8. The highest BCUT2D eigenvalue weighted by molar-refractivity contribution is 5.90. The summed E-state index contributed by atoms with van der Waals surface area (Å²) in [5.74, 6) is 1.74. The first-order valence-corrected chi connectivity index (χ1v) is 7.85. The Balaban J connectivity index is 1.53. The van der Waals surface area contributed by atoms with Gasteiger partial charge < -0.3 is 14.8 Å². The van der Waals surface area contributed by atoms with Crippen LogP contribution in [0.25, 0.3) is 10.9 Å². The second-order valence-corrected chi connectivity index (χ2v) is 5.72. The first kappa shape index (κ1) is 15.1. The molecule has 1 atom stereocenters. The third-order valence-electron chi connectivity index (χ3n) is 4.19. The van der Waals surface area contributed by atoms with E-state index in [-0.39, 0.29) is 0 Å². The maximum atomic E-state index is 5.46. The quantitative estimate of drug-likeness (QED) is 0.800. The third-order valence-corrected chi connectivity index (χ3v) is 4.19. The Morgan fingerprint density at radius 3 is 3.23 bits per heavy atom. The zero-order valence-electron chi connectivity index (χ0n) is 13.3. The van der Waals surface area contributed by atoms with Gasteiger partial charge >= 0.3 is 0 Å². The lowest BCUT2D eigenvalue weighted by molar-refractivity contribution is -0.000248. The average Bonchev–Trinajstić information content (AvgIpc) is 2.95. The van der Waals surface area contributed by atoms with E-state index < -0.39 is 0 Å². The monoisotopic (exact) mass is 304 g/mol. The molecular formula is C16H24N4O2. The fraction of sp³-hybridized carbons (Fsp3) is 0.562. The van der Waals surface area contributed by atoms with Crippen LogP contribution in [0.15, 0.2) is 18.2 Å². The molecule has 1 aliphatic rings. The number of nitrogens with zero attached hydrogens (tertiary/aromatic N) is 2. The number of aromatic nitrogens is 2. The molecule has 2 N–H and O–H groups in total. The van der Waals surface area contributed by atoms with E-state index in [1.807, 2.05) is 18.2 Å². The van der Waals surface area contributed by atoms with Crippen molar-refractivity contribution in [2.24, 2.45) is 0 Å². The largest absolute Gasteiger partial charge is 0.497 e. The van der Waals surface area contributed by atoms with Crippen molar-refractivity contribution in [2.45, 2.75) is 19.4 Å². The number of fused-ring (bicyclic) bond motifs is 1. The normalized spacial score (nSPS) is 19.5. The molecule has 6 heteroatoms. The molecule has 1 aliphatic heterocycles. The zero-order chi connectivity index (χ0) is 15.4. The van der Waals surface area contributed by atoms with E-state index in [0.29, 0.717) is 6.04 Å². The smallest absolute Gasteiger partial charge is 0.155 e. The van der Waals surface area contributed by atoms with Gasteiger partial charge in [-0.25, -0.2) is 0 Å². The molecule has 1 saturated heterocycles. The number of nitrogens with one attached hydrogen (secondary N) is 2. The van der Waals surface area contributed by atoms with Crippen LogP contribution in [0.3, 0.4) is 0 Å². The molecule has 0 radical (unpaired) electrons. The van der Waals surface area contributed by atoms with Crippen molar-refractivity contribution in [3.05, 3.63) is 18.2 Å². The summed E-state index contributed by atoms with van der Waals surface area (Å²) in [6.07, 6.45) is 1.09. The highest BCUT2D eigenvalue weighted by Gasteiger charge is 2.17. The number of H-pyrrole nitrogens is 1. The number of hydrogen-bond donors (Lipinski definition) is 2. The average molecular weight is 304 g/mol. The van der Waals surface area contributed by atoms with Crippen molar-refractivity contribution in [2.75, 3.05) is 45.3 Å². The van der Waals surface area contributed by atoms with Crippen LogP contribution in [-0.4, -0.2) is 61.1 Å². The van der Waals surface area contributed by atoms with Gasteiger partial charge in [0.1, 0.15) is 5.75 Å². The van der Waals surface area contributed by atoms with Crippen molar-refractivity contribution in [3.63, 3.8) is 0 Å². The van der Waals surface area contributed by atoms with Gasteiger partial charge in [0, 0.05) is 31.1 Å². The minimum Gasteiger partial charge on any atom is -0.497 e. The van der Waals surface area contributed by atoms with E-state index in [9.17, 15) is 0 Å². The zero-order valence-corrected chi connectivity index (χ0v) is 13.3. The summed E-state index contributed by atoms with van der Waals surface area (Å²) in [6.45, 7) is 6.94. The van der Waals surface area contributed by atoms with Gasteiger partial charge in [-0.2, -0.15) is 5.10 Å². The van der Waals surface area contributed by atoms with E-state index in [2.05, 4.69) is 27.3 Å². The van der Waals surface area contributed by atoms with Crippen LogP contribution in [0.4, 0.5) is 5.82 Å². The van der Waals surface area contributed by atoms with Gasteiger partial charge in [-0.05, 0) is 31.5 Å². The minimum absolute atomic E-state index is 0.518. The van der Waals surface area contributed by atoms with Crippen molar-refractivity contribution >= 4 is 16.7 Å². The standard InChI is InChI=1S/C16H24N4O2/c1-12-11-22-9-8-20(12)7-3-6-17-16-14-10-13(21-2)4-5-15(14)18-19-16/h4-5,10,12H,3,6-9,11H2,1-2H3,(H2,17,18,19). The highest BCUT2D eigenvalue weighted by atomic mass is 16.5. The molecule has 1 aromatic carbocycles. The SMILES string of the molecule is COc1ccc2[nH]nc(NCCCN3CCOCC3C)c2c1. The van der Waals surface area contributed by atoms with Gasteiger partial charge in [-0.3, -0.25) is 10.00 Å². The number of rotatable bonds is 6. The molecule has 3 rings (SSSR count). The van der Waals surface area contributed by atoms with Crippen molar-refractivity contribution in [1.82, 2.24) is 15.1 Å². The Bertz CT molecular complexity index is 613. The number of ether oxygens (including phenoxy) is 2. The number of morpholine rings is 1. The summed E-state index contributed by atoms with van der Waals surface area (Å²) in [6, 6.07) is 6.45. The lowest BCUT2D eigenvalue weighted by atomic mass is 10.2. The molecule has 22 heavy (non-hydrogen) atoms. The summed E-state index contributed by atoms with van der Waals surface area (Å²) in [4.78, 5) is 2.48. The molecule has 0 amide bonds. The lowest BCUT2D eigenvalue weighted by Gasteiger charge is -2.33. The van der Waals surface area contributed by atoms with Gasteiger partial charge in [0.05, 0.1) is 25.8 Å². The maximum absolute atomic E-state index is 5.46. The van der Waals surface area contributed by atoms with Crippen LogP contribution >= 0.6 is 0 Å². The molecule has 0 spiro atoms. The van der Waals surface area contributed by atoms with Crippen LogP contribution in [0.1, 0.15) is 13.3 Å². The number of aromatic amines is 1. The third kappa shape index (κ3) is 3.34. The first-order valence-electron chi connectivity index (χ1n) is 7.85. The van der Waals surface area contributed by atoms with Crippen molar-refractivity contribution in [1.29, 1.82) is 0 Å². The van der Waals surface area contributed by atoms with Gasteiger partial charge in [0.15, 0.2) is 5.82 Å². The van der Waals surface area contributed by atoms with Crippen molar-refractivity contribution < 1.29 is 9.47 Å². The van der Waals surface area contributed by atoms with Gasteiger partial charge in [0.2, 0.25) is 0 Å². The lowest BCUT2D eigenvalue weighted by Crippen LogP contribution is -2.44. The van der Waals surface area contributed by atoms with Crippen molar-refractivity contribution in [3.8, 4) is 5.75 Å². The number of hydrogen-bond acceptors (Lipinski definition) is 5. The minimum atomic E-state index is 0.518. The number of benzene rings is 1. The number of methoxy groups -OCH3 is 1. The Labute approximate surface area is 130 Å². The fourth-order valence-corrected chi connectivity index (χ4v) is 2.84. The molecule has 1 unspecified atom stereocenters. The molecular weight excluding hydrogens is 280 g/mol. The fourth-order valence-electron chi connectivity index (χ4n) is 2.84. The van der Waals surface area contributed by atoms with E-state index in [4.69, 9.17) is 9.47 Å². The Kier molecular flexibility index (Phi) is 4.80. The summed E-state index contributed by atoms with van der Waals surface area (Å²) >= 11 is 0. The molecule has 1 fully saturated rings. The van der Waals surface area contributed by atoms with E-state index in [1.54, 1.807) is 7.11 Å². The van der Waals surface area contributed by atoms with E-state index in [0.717, 1.165) is 61.7 Å². The molecule has 6 nitrogen and oxygen atoms in total. The molecule has 2 aromatic rings. The highest BCUT2D eigenvalue weighted by Crippen LogP contribution is 2.25. The number of anilines is 1. The molecule has 0 bridgehead atoms. The van der Waals surface area contributed by atoms with Gasteiger partial charge in [-0.15, -0.1) is 0 Å². The Morgan fingerprint density at radius 1 is 1.50 bits per heavy atom. The summed E-state index contributed by atoms with van der Waals surface area (Å²) < 4.78 is 10.7. The summed E-state index contributed by atoms with van der Waals surface area (Å²) in [5, 5.41) is 11.9. The summed E-state index contributed by atoms with van der Waals surface area (Å²) in [7, 11) is 1.68. The molecule has 0 aliphatic carbocycles. The second kappa shape index (κ2) is 6.98. The van der Waals surface area contributed by atoms with Gasteiger partial charge in [0.25, 0.3) is 0 Å². The second-order valence-electron chi connectivity index (χ2n) is 5.72. The summed E-state index contributed by atoms with van der Waals surface area (Å²) in [5.41, 5.74) is 1.02. The molecule has 0 saturated carbocycles. The predicted molar refractivity (Wildman–Crippen MR) is 87.6 cm³/mol. The van der Waals surface area contributed by atoms with E-state index in [1.165, 1.54) is 0 Å². The van der Waals surface area contributed by atoms with E-state index >= 15 is 0 Å². The maximum Gasteiger partial charge on any atom is 0.155 e. The molecule has 2 heterocycles. The van der Waals surface area contributed by atoms with Crippen LogP contribution in [-0.2, 0) is 4.74 Å². The van der Waals surface area contributed by atoms with Crippen LogP contribution in [0, 0.1) is 0 Å². The van der Waals surface area contributed by atoms with Gasteiger partial charge in [-0.1, -0.05) is 0 Å². The van der Waals surface area contributed by atoms with Crippen LogP contribution < -0.4 is 10.1 Å². The Hall–Kier alpha value is -1.79. The van der Waals surface area contributed by atoms with Crippen LogP contribution in [0.2, 0.25) is 0 Å². The van der Waals surface area contributed by atoms with Crippen LogP contribution in [0.5, 0.6) is 5.75 Å².